The molecule has 2 rings (SSSR count). The highest BCUT2D eigenvalue weighted by Crippen LogP contribution is 2.37. The Hall–Kier alpha value is -1.30. The van der Waals surface area contributed by atoms with Gasteiger partial charge in [-0.15, -0.1) is 0 Å². The molecule has 1 aliphatic heterocycles. The van der Waals surface area contributed by atoms with E-state index in [0.717, 1.165) is 5.56 Å². The van der Waals surface area contributed by atoms with Crippen LogP contribution >= 0.6 is 0 Å². The van der Waals surface area contributed by atoms with Gasteiger partial charge in [0, 0.05) is 6.04 Å². The second-order valence-corrected chi connectivity index (χ2v) is 3.72. The number of hydrogen-bond donors (Lipinski definition) is 3. The molecule has 5 heteroatoms. The summed E-state index contributed by atoms with van der Waals surface area (Å²) in [7, 11) is 0. The Bertz CT molecular complexity index is 376. The van der Waals surface area contributed by atoms with Crippen molar-refractivity contribution in [1.82, 2.24) is 0 Å². The lowest BCUT2D eigenvalue weighted by Gasteiger charge is -2.10. The summed E-state index contributed by atoms with van der Waals surface area (Å²) in [5, 5.41) is 18.2. The van der Waals surface area contributed by atoms with Gasteiger partial charge in [-0.2, -0.15) is 0 Å². The molecule has 0 saturated heterocycles. The van der Waals surface area contributed by atoms with E-state index in [-0.39, 0.29) is 6.04 Å². The first-order valence-corrected chi connectivity index (χ1v) is 4.67. The number of aliphatic hydroxyl groups is 2. The fourth-order valence-corrected chi connectivity index (χ4v) is 1.52. The third-order valence-electron chi connectivity index (χ3n) is 2.05. The molecule has 0 bridgehead atoms. The lowest BCUT2D eigenvalue weighted by molar-refractivity contribution is -0.385. The van der Waals surface area contributed by atoms with Gasteiger partial charge in [-0.1, -0.05) is 6.07 Å². The van der Waals surface area contributed by atoms with E-state index in [4.69, 9.17) is 25.4 Å². The zero-order valence-electron chi connectivity index (χ0n) is 8.30. The molecular formula is C10H13NO4. The van der Waals surface area contributed by atoms with E-state index in [1.54, 1.807) is 12.1 Å². The number of benzene rings is 1. The Morgan fingerprint density at radius 3 is 2.67 bits per heavy atom. The monoisotopic (exact) mass is 211 g/mol. The fourth-order valence-electron chi connectivity index (χ4n) is 1.52. The Labute approximate surface area is 87.0 Å². The highest BCUT2D eigenvalue weighted by Gasteiger charge is 2.37. The second kappa shape index (κ2) is 3.37. The van der Waals surface area contributed by atoms with Crippen LogP contribution in [0.3, 0.4) is 0 Å². The summed E-state index contributed by atoms with van der Waals surface area (Å²) < 4.78 is 9.48. The average Bonchev–Trinajstić information content (AvgIpc) is 2.36. The lowest BCUT2D eigenvalue weighted by Crippen LogP contribution is -2.37. The van der Waals surface area contributed by atoms with Crippen LogP contribution in [-0.4, -0.2) is 22.4 Å². The summed E-state index contributed by atoms with van der Waals surface area (Å²) in [4.78, 5) is 0. The fraction of sp³-hybridized carbons (Fsp3) is 0.400. The minimum absolute atomic E-state index is 0.0402. The Morgan fingerprint density at radius 1 is 1.33 bits per heavy atom. The van der Waals surface area contributed by atoms with Crippen LogP contribution in [0.15, 0.2) is 18.2 Å². The molecule has 1 aliphatic rings. The van der Waals surface area contributed by atoms with E-state index in [1.165, 1.54) is 0 Å². The van der Waals surface area contributed by atoms with Crippen molar-refractivity contribution >= 4 is 0 Å². The smallest absolute Gasteiger partial charge is 0.403 e. The molecule has 0 aliphatic carbocycles. The Morgan fingerprint density at radius 2 is 2.00 bits per heavy atom. The van der Waals surface area contributed by atoms with Crippen molar-refractivity contribution in [2.24, 2.45) is 5.73 Å². The molecule has 82 valence electrons. The van der Waals surface area contributed by atoms with Gasteiger partial charge < -0.3 is 15.2 Å². The molecule has 1 aromatic rings. The van der Waals surface area contributed by atoms with Crippen LogP contribution < -0.4 is 15.2 Å². The molecule has 0 radical (unpaired) electrons. The van der Waals surface area contributed by atoms with Crippen LogP contribution in [0.4, 0.5) is 0 Å². The number of fused-ring (bicyclic) bond motifs is 1. The third-order valence-corrected chi connectivity index (χ3v) is 2.05. The maximum atomic E-state index is 9.08. The first kappa shape index (κ1) is 10.2. The zero-order valence-corrected chi connectivity index (χ0v) is 8.30. The highest BCUT2D eigenvalue weighted by molar-refractivity contribution is 5.45. The van der Waals surface area contributed by atoms with Gasteiger partial charge in [0.2, 0.25) is 0 Å². The van der Waals surface area contributed by atoms with Gasteiger partial charge in [0.05, 0.1) is 0 Å². The highest BCUT2D eigenvalue weighted by atomic mass is 17.0. The third kappa shape index (κ3) is 2.20. The van der Waals surface area contributed by atoms with Gasteiger partial charge in [0.15, 0.2) is 11.5 Å². The predicted molar refractivity (Wildman–Crippen MR) is 52.2 cm³/mol. The normalized spacial score (nSPS) is 18.9. The quantitative estimate of drug-likeness (QED) is 0.597. The van der Waals surface area contributed by atoms with E-state index in [9.17, 15) is 0 Å². The summed E-state index contributed by atoms with van der Waals surface area (Å²) in [5.74, 6) is 0.631. The lowest BCUT2D eigenvalue weighted by atomic mass is 10.1. The average molecular weight is 211 g/mol. The first-order chi connectivity index (χ1) is 6.96. The summed E-state index contributed by atoms with van der Waals surface area (Å²) in [5.41, 5.74) is 6.62. The number of hydrogen-bond acceptors (Lipinski definition) is 5. The molecule has 1 aromatic carbocycles. The van der Waals surface area contributed by atoms with Crippen LogP contribution in [0.2, 0.25) is 0 Å². The summed E-state index contributed by atoms with van der Waals surface area (Å²) in [6, 6.07) is 5.17. The van der Waals surface area contributed by atoms with Gasteiger partial charge >= 0.3 is 6.16 Å². The topological polar surface area (TPSA) is 84.9 Å². The van der Waals surface area contributed by atoms with Crippen molar-refractivity contribution in [3.8, 4) is 11.5 Å². The van der Waals surface area contributed by atoms with Crippen molar-refractivity contribution in [2.75, 3.05) is 0 Å². The zero-order chi connectivity index (χ0) is 11.1. The molecule has 5 nitrogen and oxygen atoms in total. The molecule has 0 aromatic heterocycles. The first-order valence-electron chi connectivity index (χ1n) is 4.67. The standard InChI is InChI=1S/C10H13NO4/c1-6(11)4-7-2-3-8-9(5-7)15-10(12,13)14-8/h2-3,5-6,12-13H,4,11H2,1H3. The molecule has 0 fully saturated rings. The number of nitrogens with two attached hydrogens (primary N) is 1. The Kier molecular flexibility index (Phi) is 2.30. The van der Waals surface area contributed by atoms with Crippen LogP contribution in [0.25, 0.3) is 0 Å². The van der Waals surface area contributed by atoms with Gasteiger partial charge in [-0.25, -0.2) is 0 Å². The molecule has 0 amide bonds. The van der Waals surface area contributed by atoms with Crippen molar-refractivity contribution in [1.29, 1.82) is 0 Å². The van der Waals surface area contributed by atoms with Crippen LogP contribution in [0.1, 0.15) is 12.5 Å². The molecular weight excluding hydrogens is 198 g/mol. The van der Waals surface area contributed by atoms with Crippen molar-refractivity contribution in [3.05, 3.63) is 23.8 Å². The minimum Gasteiger partial charge on any atom is -0.403 e. The molecule has 1 atom stereocenters. The van der Waals surface area contributed by atoms with Crippen LogP contribution in [-0.2, 0) is 6.42 Å². The molecule has 0 saturated carbocycles. The SMILES string of the molecule is CC(N)Cc1ccc2c(c1)OC(O)(O)O2. The molecule has 1 heterocycles. The minimum atomic E-state index is -2.55. The summed E-state index contributed by atoms with van der Waals surface area (Å²) in [6.07, 6.45) is -1.85. The second-order valence-electron chi connectivity index (χ2n) is 3.72. The maximum absolute atomic E-state index is 9.08. The van der Waals surface area contributed by atoms with E-state index in [0.29, 0.717) is 17.9 Å². The molecule has 0 spiro atoms. The molecule has 4 N–H and O–H groups in total. The van der Waals surface area contributed by atoms with E-state index < -0.39 is 6.16 Å². The summed E-state index contributed by atoms with van der Waals surface area (Å²) in [6.45, 7) is 1.90. The molecule has 1 unspecified atom stereocenters. The van der Waals surface area contributed by atoms with E-state index in [1.807, 2.05) is 13.0 Å². The largest absolute Gasteiger partial charge is 0.505 e. The van der Waals surface area contributed by atoms with Gasteiger partial charge in [-0.05, 0) is 31.0 Å². The van der Waals surface area contributed by atoms with Crippen molar-refractivity contribution in [2.45, 2.75) is 25.5 Å². The van der Waals surface area contributed by atoms with Crippen LogP contribution in [0, 0.1) is 0 Å². The number of rotatable bonds is 2. The van der Waals surface area contributed by atoms with E-state index >= 15 is 0 Å². The van der Waals surface area contributed by atoms with E-state index in [2.05, 4.69) is 0 Å². The Balaban J connectivity index is 2.23. The maximum Gasteiger partial charge on any atom is 0.505 e. The van der Waals surface area contributed by atoms with Crippen molar-refractivity contribution in [3.63, 3.8) is 0 Å². The predicted octanol–water partition coefficient (Wildman–Crippen LogP) is -0.0566. The molecule has 15 heavy (non-hydrogen) atoms. The van der Waals surface area contributed by atoms with Gasteiger partial charge in [-0.3, -0.25) is 10.2 Å². The van der Waals surface area contributed by atoms with Gasteiger partial charge in [0.25, 0.3) is 0 Å². The van der Waals surface area contributed by atoms with Crippen molar-refractivity contribution < 1.29 is 19.7 Å². The van der Waals surface area contributed by atoms with Crippen LogP contribution in [0.5, 0.6) is 11.5 Å². The number of ether oxygens (including phenoxy) is 2. The van der Waals surface area contributed by atoms with Gasteiger partial charge in [0.1, 0.15) is 0 Å². The summed E-state index contributed by atoms with van der Waals surface area (Å²) >= 11 is 0.